The van der Waals surface area contributed by atoms with Crippen LogP contribution >= 0.6 is 0 Å². The molecule has 1 aliphatic carbocycles. The Labute approximate surface area is 130 Å². The number of carbonyl (C=O) groups excluding carboxylic acids is 1. The number of piperidine rings is 1. The largest absolute Gasteiger partial charge is 0.406 e. The maximum Gasteiger partial charge on any atom is 0.406 e. The number of hydrogen-bond donors (Lipinski definition) is 1. The predicted octanol–water partition coefficient (Wildman–Crippen LogP) is 3.25. The molecule has 0 unspecified atom stereocenters. The van der Waals surface area contributed by atoms with Gasteiger partial charge in [-0.05, 0) is 32.1 Å². The summed E-state index contributed by atoms with van der Waals surface area (Å²) in [5.41, 5.74) is 0. The number of carbonyl (C=O) groups is 1. The summed E-state index contributed by atoms with van der Waals surface area (Å²) in [4.78, 5) is 12.8. The first-order chi connectivity index (χ1) is 10.6. The van der Waals surface area contributed by atoms with E-state index in [2.05, 4.69) is 5.32 Å². The van der Waals surface area contributed by atoms with Gasteiger partial charge >= 0.3 is 12.4 Å². The molecule has 2 rings (SSSR count). The highest BCUT2D eigenvalue weighted by Crippen LogP contribution is 2.37. The van der Waals surface area contributed by atoms with Crippen LogP contribution in [0, 0.1) is 5.92 Å². The first kappa shape index (κ1) is 18.4. The van der Waals surface area contributed by atoms with Gasteiger partial charge in [0.1, 0.15) is 6.54 Å². The highest BCUT2D eigenvalue weighted by Gasteiger charge is 2.43. The van der Waals surface area contributed by atoms with Crippen molar-refractivity contribution < 1.29 is 31.1 Å². The van der Waals surface area contributed by atoms with Gasteiger partial charge in [0.15, 0.2) is 0 Å². The van der Waals surface area contributed by atoms with Crippen LogP contribution in [-0.4, -0.2) is 48.3 Å². The SMILES string of the molecule is O=C1[C@H](N[C@H]2CCC[C@@H](C(F)(F)F)C2)CCCN1CC(F)(F)F. The highest BCUT2D eigenvalue weighted by atomic mass is 19.4. The second kappa shape index (κ2) is 6.86. The average molecular weight is 346 g/mol. The van der Waals surface area contributed by atoms with Gasteiger partial charge < -0.3 is 10.2 Å². The van der Waals surface area contributed by atoms with Gasteiger partial charge in [0, 0.05) is 12.6 Å². The summed E-state index contributed by atoms with van der Waals surface area (Å²) in [6.45, 7) is -1.27. The van der Waals surface area contributed by atoms with Crippen molar-refractivity contribution in [3.05, 3.63) is 0 Å². The lowest BCUT2D eigenvalue weighted by atomic mass is 9.84. The van der Waals surface area contributed by atoms with E-state index >= 15 is 0 Å². The lowest BCUT2D eigenvalue weighted by Gasteiger charge is -2.37. The van der Waals surface area contributed by atoms with Gasteiger partial charge in [0.25, 0.3) is 0 Å². The summed E-state index contributed by atoms with van der Waals surface area (Å²) in [5.74, 6) is -2.07. The summed E-state index contributed by atoms with van der Waals surface area (Å²) in [5, 5.41) is 2.87. The molecule has 2 fully saturated rings. The number of hydrogen-bond acceptors (Lipinski definition) is 2. The fourth-order valence-corrected chi connectivity index (χ4v) is 3.39. The van der Waals surface area contributed by atoms with Crippen molar-refractivity contribution in [2.75, 3.05) is 13.1 Å². The number of amides is 1. The molecule has 0 aromatic carbocycles. The molecule has 0 aromatic rings. The van der Waals surface area contributed by atoms with E-state index in [1.807, 2.05) is 0 Å². The molecule has 9 heteroatoms. The predicted molar refractivity (Wildman–Crippen MR) is 70.6 cm³/mol. The maximum atomic E-state index is 12.8. The van der Waals surface area contributed by atoms with E-state index in [0.29, 0.717) is 25.7 Å². The molecule has 1 saturated heterocycles. The fraction of sp³-hybridized carbons (Fsp3) is 0.929. The summed E-state index contributed by atoms with van der Waals surface area (Å²) < 4.78 is 75.7. The third kappa shape index (κ3) is 5.26. The van der Waals surface area contributed by atoms with Crippen LogP contribution in [0.5, 0.6) is 0 Å². The molecule has 1 saturated carbocycles. The molecule has 1 aliphatic heterocycles. The summed E-state index contributed by atoms with van der Waals surface area (Å²) in [6, 6.07) is -1.29. The van der Waals surface area contributed by atoms with E-state index in [1.54, 1.807) is 0 Å². The van der Waals surface area contributed by atoms with Gasteiger partial charge in [-0.3, -0.25) is 4.79 Å². The molecule has 3 nitrogen and oxygen atoms in total. The quantitative estimate of drug-likeness (QED) is 0.796. The smallest absolute Gasteiger partial charge is 0.332 e. The Morgan fingerprint density at radius 1 is 1.04 bits per heavy atom. The summed E-state index contributed by atoms with van der Waals surface area (Å²) >= 11 is 0. The number of rotatable bonds is 3. The van der Waals surface area contributed by atoms with Crippen molar-refractivity contribution >= 4 is 5.91 Å². The molecule has 1 N–H and O–H groups in total. The van der Waals surface area contributed by atoms with Crippen molar-refractivity contribution in [2.45, 2.75) is 63.0 Å². The van der Waals surface area contributed by atoms with Crippen LogP contribution < -0.4 is 5.32 Å². The van der Waals surface area contributed by atoms with Crippen LogP contribution in [0.25, 0.3) is 0 Å². The first-order valence-electron chi connectivity index (χ1n) is 7.74. The number of likely N-dealkylation sites (tertiary alicyclic amines) is 1. The maximum absolute atomic E-state index is 12.8. The molecular weight excluding hydrogens is 326 g/mol. The van der Waals surface area contributed by atoms with Crippen LogP contribution in [0.4, 0.5) is 26.3 Å². The van der Waals surface area contributed by atoms with Crippen LogP contribution in [0.1, 0.15) is 38.5 Å². The Hall–Kier alpha value is -0.990. The molecule has 3 atom stereocenters. The number of halogens is 6. The van der Waals surface area contributed by atoms with E-state index < -0.39 is 42.8 Å². The molecule has 23 heavy (non-hydrogen) atoms. The zero-order valence-corrected chi connectivity index (χ0v) is 12.5. The monoisotopic (exact) mass is 346 g/mol. The second-order valence-electron chi connectivity index (χ2n) is 6.34. The van der Waals surface area contributed by atoms with Gasteiger partial charge in [0.05, 0.1) is 12.0 Å². The van der Waals surface area contributed by atoms with Crippen LogP contribution in [-0.2, 0) is 4.79 Å². The fourth-order valence-electron chi connectivity index (χ4n) is 3.39. The summed E-state index contributed by atoms with van der Waals surface area (Å²) in [6.07, 6.45) is -7.10. The van der Waals surface area contributed by atoms with E-state index in [0.717, 1.165) is 4.90 Å². The van der Waals surface area contributed by atoms with Gasteiger partial charge in [-0.1, -0.05) is 6.42 Å². The third-order valence-electron chi connectivity index (χ3n) is 4.47. The normalized spacial score (nSPS) is 30.6. The Kier molecular flexibility index (Phi) is 5.48. The van der Waals surface area contributed by atoms with Crippen molar-refractivity contribution in [2.24, 2.45) is 5.92 Å². The zero-order valence-electron chi connectivity index (χ0n) is 12.5. The van der Waals surface area contributed by atoms with Crippen LogP contribution in [0.3, 0.4) is 0 Å². The molecule has 0 radical (unpaired) electrons. The Bertz CT molecular complexity index is 422. The van der Waals surface area contributed by atoms with Crippen LogP contribution in [0.15, 0.2) is 0 Å². The van der Waals surface area contributed by atoms with Gasteiger partial charge in [-0.15, -0.1) is 0 Å². The van der Waals surface area contributed by atoms with E-state index in [1.165, 1.54) is 0 Å². The standard InChI is InChI=1S/C14H20F6N2O/c15-13(16,17)8-22-6-2-5-11(12(22)23)21-10-4-1-3-9(7-10)14(18,19)20/h9-11,21H,1-8H2/t9-,10+,11-/m1/s1. The Morgan fingerprint density at radius 3 is 2.35 bits per heavy atom. The molecule has 0 spiro atoms. The van der Waals surface area contributed by atoms with E-state index in [9.17, 15) is 31.1 Å². The average Bonchev–Trinajstić information content (AvgIpc) is 2.41. The second-order valence-corrected chi connectivity index (χ2v) is 6.34. The number of nitrogens with one attached hydrogen (secondary N) is 1. The molecule has 1 amide bonds. The molecule has 134 valence electrons. The summed E-state index contributed by atoms with van der Waals surface area (Å²) in [7, 11) is 0. The zero-order chi connectivity index (χ0) is 17.3. The van der Waals surface area contributed by atoms with Crippen molar-refractivity contribution in [1.29, 1.82) is 0 Å². The minimum atomic E-state index is -4.47. The van der Waals surface area contributed by atoms with E-state index in [-0.39, 0.29) is 19.4 Å². The van der Waals surface area contributed by atoms with Gasteiger partial charge in [0.2, 0.25) is 5.91 Å². The number of alkyl halides is 6. The van der Waals surface area contributed by atoms with Crippen molar-refractivity contribution in [3.8, 4) is 0 Å². The lowest BCUT2D eigenvalue weighted by molar-refractivity contribution is -0.184. The number of nitrogens with zero attached hydrogens (tertiary/aromatic N) is 1. The Morgan fingerprint density at radius 2 is 1.74 bits per heavy atom. The highest BCUT2D eigenvalue weighted by molar-refractivity contribution is 5.82. The molecule has 2 aliphatic rings. The first-order valence-corrected chi connectivity index (χ1v) is 7.74. The van der Waals surface area contributed by atoms with E-state index in [4.69, 9.17) is 0 Å². The molecule has 0 aromatic heterocycles. The van der Waals surface area contributed by atoms with Crippen molar-refractivity contribution in [1.82, 2.24) is 10.2 Å². The van der Waals surface area contributed by atoms with Gasteiger partial charge in [-0.25, -0.2) is 0 Å². The topological polar surface area (TPSA) is 32.3 Å². The van der Waals surface area contributed by atoms with Gasteiger partial charge in [-0.2, -0.15) is 26.3 Å². The minimum absolute atomic E-state index is 0.0341. The lowest BCUT2D eigenvalue weighted by Crippen LogP contribution is -2.56. The molecular formula is C14H20F6N2O. The third-order valence-corrected chi connectivity index (χ3v) is 4.47. The van der Waals surface area contributed by atoms with Crippen molar-refractivity contribution in [3.63, 3.8) is 0 Å². The molecule has 1 heterocycles. The van der Waals surface area contributed by atoms with Crippen LogP contribution in [0.2, 0.25) is 0 Å². The Balaban J connectivity index is 1.92. The molecule has 0 bridgehead atoms. The minimum Gasteiger partial charge on any atom is -0.332 e.